The number of allylic oxidation sites excluding steroid dienone is 1. The third-order valence-corrected chi connectivity index (χ3v) is 7.93. The van der Waals surface area contributed by atoms with Gasteiger partial charge in [-0.1, -0.05) is 56.2 Å². The summed E-state index contributed by atoms with van der Waals surface area (Å²) < 4.78 is 7.32. The molecule has 2 N–H and O–H groups in total. The average Bonchev–Trinajstić information content (AvgIpc) is 3.06. The predicted molar refractivity (Wildman–Crippen MR) is 147 cm³/mol. The van der Waals surface area contributed by atoms with Crippen molar-refractivity contribution in [1.82, 2.24) is 18.9 Å². The van der Waals surface area contributed by atoms with Crippen LogP contribution in [0.1, 0.15) is 66.4 Å². The van der Waals surface area contributed by atoms with Gasteiger partial charge in [-0.25, -0.2) is 4.31 Å². The molecule has 5 nitrogen and oxygen atoms in total. The van der Waals surface area contributed by atoms with Gasteiger partial charge in [0.2, 0.25) is 0 Å². The zero-order valence-electron chi connectivity index (χ0n) is 21.1. The van der Waals surface area contributed by atoms with Crippen molar-refractivity contribution in [2.24, 2.45) is 0 Å². The van der Waals surface area contributed by atoms with Gasteiger partial charge >= 0.3 is 0 Å². The van der Waals surface area contributed by atoms with E-state index in [4.69, 9.17) is 0 Å². The minimum absolute atomic E-state index is 0.0639. The van der Waals surface area contributed by atoms with E-state index in [2.05, 4.69) is 57.6 Å². The number of hydrogen-bond donors (Lipinski definition) is 2. The molecule has 1 aliphatic heterocycles. The molecule has 2 heterocycles. The molecule has 1 amide bonds. The second-order valence-electron chi connectivity index (χ2n) is 10.3. The number of carbonyl (C=O) groups is 1. The topological polar surface area (TPSA) is 49.3 Å². The van der Waals surface area contributed by atoms with Gasteiger partial charge in [-0.3, -0.25) is 9.52 Å². The van der Waals surface area contributed by atoms with Crippen LogP contribution in [-0.2, 0) is 13.0 Å². The fourth-order valence-corrected chi connectivity index (χ4v) is 6.30. The number of benzene rings is 2. The monoisotopic (exact) mass is 488 g/mol. The van der Waals surface area contributed by atoms with Crippen molar-refractivity contribution in [2.45, 2.75) is 64.0 Å². The van der Waals surface area contributed by atoms with Crippen LogP contribution in [0.2, 0.25) is 0 Å². The van der Waals surface area contributed by atoms with Gasteiger partial charge in [0.05, 0.1) is 5.69 Å². The Morgan fingerprint density at radius 1 is 1.11 bits per heavy atom. The lowest BCUT2D eigenvalue weighted by molar-refractivity contribution is 0.0983. The first-order valence-corrected chi connectivity index (χ1v) is 13.5. The predicted octanol–water partition coefficient (Wildman–Crippen LogP) is 6.26. The summed E-state index contributed by atoms with van der Waals surface area (Å²) in [7, 11) is 3.84. The highest BCUT2D eigenvalue weighted by Gasteiger charge is 2.31. The van der Waals surface area contributed by atoms with Gasteiger partial charge in [0.25, 0.3) is 5.91 Å². The maximum absolute atomic E-state index is 13.0. The van der Waals surface area contributed by atoms with Gasteiger partial charge in [-0.2, -0.15) is 0 Å². The van der Waals surface area contributed by atoms with Gasteiger partial charge in [0.1, 0.15) is 0 Å². The molecular formula is C29H36N4OS. The molecule has 184 valence electrons. The first kappa shape index (κ1) is 24.0. The lowest BCUT2D eigenvalue weighted by Crippen LogP contribution is -2.32. The molecule has 2 aliphatic rings. The fraction of sp³-hybridized carbons (Fsp3) is 0.414. The van der Waals surface area contributed by atoms with Crippen LogP contribution in [-0.4, -0.2) is 34.9 Å². The Hall–Kier alpha value is -2.70. The molecule has 3 aromatic rings. The standard InChI is InChI=1S/C29H36N4OS/c1-19(2)30-23-16-21-12-8-9-13-24(21)28-27(20-10-6-5-7-11-20)25-15-14-22(17-26(25)33(28)18-23)29(34)31-35-32(3)4/h8-9,12-15,17,20,23,30H,1,5-7,10-11,16,18H2,2-4H3,(H,31,34). The molecular weight excluding hydrogens is 452 g/mol. The van der Waals surface area contributed by atoms with E-state index in [9.17, 15) is 4.79 Å². The molecule has 1 aromatic heterocycles. The van der Waals surface area contributed by atoms with Crippen molar-refractivity contribution in [2.75, 3.05) is 14.1 Å². The average molecular weight is 489 g/mol. The first-order chi connectivity index (χ1) is 16.9. The third kappa shape index (κ3) is 4.87. The van der Waals surface area contributed by atoms with E-state index < -0.39 is 0 Å². The summed E-state index contributed by atoms with van der Waals surface area (Å²) in [5, 5.41) is 4.92. The molecule has 5 rings (SSSR count). The lowest BCUT2D eigenvalue weighted by Gasteiger charge is -2.24. The summed E-state index contributed by atoms with van der Waals surface area (Å²) in [5.74, 6) is 0.496. The van der Waals surface area contributed by atoms with Crippen molar-refractivity contribution < 1.29 is 4.79 Å². The maximum Gasteiger partial charge on any atom is 0.262 e. The lowest BCUT2D eigenvalue weighted by atomic mass is 9.81. The number of nitrogens with one attached hydrogen (secondary N) is 2. The van der Waals surface area contributed by atoms with Crippen molar-refractivity contribution >= 4 is 28.9 Å². The van der Waals surface area contributed by atoms with E-state index in [1.54, 1.807) is 0 Å². The SMILES string of the molecule is C=C(C)NC1Cc2ccccc2-c2c(C3CCCCC3)c3ccc(C(=O)NSN(C)C)cc3n2C1. The van der Waals surface area contributed by atoms with E-state index in [1.165, 1.54) is 72.0 Å². The van der Waals surface area contributed by atoms with E-state index in [0.717, 1.165) is 24.2 Å². The summed E-state index contributed by atoms with van der Waals surface area (Å²) in [4.78, 5) is 13.0. The Morgan fingerprint density at radius 3 is 2.63 bits per heavy atom. The number of nitrogens with zero attached hydrogens (tertiary/aromatic N) is 2. The van der Waals surface area contributed by atoms with Crippen LogP contribution in [0, 0.1) is 0 Å². The Bertz CT molecular complexity index is 1260. The summed E-state index contributed by atoms with van der Waals surface area (Å²) in [6, 6.07) is 15.4. The van der Waals surface area contributed by atoms with Gasteiger partial charge in [0.15, 0.2) is 0 Å². The number of amides is 1. The van der Waals surface area contributed by atoms with Crippen LogP contribution < -0.4 is 10.0 Å². The second kappa shape index (κ2) is 10.1. The van der Waals surface area contributed by atoms with Crippen LogP contribution in [0.15, 0.2) is 54.7 Å². The van der Waals surface area contributed by atoms with Crippen molar-refractivity contribution in [3.63, 3.8) is 0 Å². The summed E-state index contributed by atoms with van der Waals surface area (Å²) in [5.41, 5.74) is 8.40. The van der Waals surface area contributed by atoms with Crippen molar-refractivity contribution in [1.29, 1.82) is 0 Å². The Morgan fingerprint density at radius 2 is 1.89 bits per heavy atom. The van der Waals surface area contributed by atoms with E-state index >= 15 is 0 Å². The summed E-state index contributed by atoms with van der Waals surface area (Å²) in [6.07, 6.45) is 7.35. The Labute approximate surface area is 213 Å². The molecule has 1 saturated carbocycles. The fourth-order valence-electron chi connectivity index (χ4n) is 5.92. The molecule has 35 heavy (non-hydrogen) atoms. The zero-order chi connectivity index (χ0) is 24.5. The Balaban J connectivity index is 1.71. The number of aromatic nitrogens is 1. The molecule has 1 unspecified atom stereocenters. The highest BCUT2D eigenvalue weighted by molar-refractivity contribution is 7.95. The zero-order valence-corrected chi connectivity index (χ0v) is 21.9. The molecule has 0 saturated heterocycles. The minimum atomic E-state index is -0.0639. The van der Waals surface area contributed by atoms with Crippen LogP contribution in [0.25, 0.3) is 22.2 Å². The highest BCUT2D eigenvalue weighted by atomic mass is 32.2. The number of fused-ring (bicyclic) bond motifs is 5. The molecule has 6 heteroatoms. The molecule has 1 aliphatic carbocycles. The van der Waals surface area contributed by atoms with E-state index in [-0.39, 0.29) is 11.9 Å². The molecule has 0 bridgehead atoms. The molecule has 0 radical (unpaired) electrons. The van der Waals surface area contributed by atoms with Gasteiger partial charge in [-0.15, -0.1) is 0 Å². The summed E-state index contributed by atoms with van der Waals surface area (Å²) in [6.45, 7) is 7.00. The smallest absolute Gasteiger partial charge is 0.262 e. The van der Waals surface area contributed by atoms with Gasteiger partial charge in [0, 0.05) is 52.4 Å². The molecule has 0 spiro atoms. The molecule has 1 atom stereocenters. The number of carbonyl (C=O) groups excluding carboxylic acids is 1. The van der Waals surface area contributed by atoms with E-state index in [1.807, 2.05) is 31.4 Å². The van der Waals surface area contributed by atoms with E-state index in [0.29, 0.717) is 11.5 Å². The normalized spacial score (nSPS) is 18.1. The summed E-state index contributed by atoms with van der Waals surface area (Å²) >= 11 is 1.30. The highest BCUT2D eigenvalue weighted by Crippen LogP contribution is 2.46. The van der Waals surface area contributed by atoms with Crippen molar-refractivity contribution in [3.8, 4) is 11.3 Å². The van der Waals surface area contributed by atoms with Crippen LogP contribution in [0.3, 0.4) is 0 Å². The number of hydrogen-bond acceptors (Lipinski definition) is 4. The molecule has 1 fully saturated rings. The second-order valence-corrected chi connectivity index (χ2v) is 11.4. The quantitative estimate of drug-likeness (QED) is 0.402. The van der Waals surface area contributed by atoms with Gasteiger partial charge in [-0.05, 0) is 69.5 Å². The van der Waals surface area contributed by atoms with Crippen LogP contribution in [0.5, 0.6) is 0 Å². The van der Waals surface area contributed by atoms with Crippen molar-refractivity contribution in [3.05, 3.63) is 71.4 Å². The Kier molecular flexibility index (Phi) is 6.94. The largest absolute Gasteiger partial charge is 0.384 e. The van der Waals surface area contributed by atoms with Crippen LogP contribution >= 0.6 is 12.1 Å². The van der Waals surface area contributed by atoms with Gasteiger partial charge < -0.3 is 9.88 Å². The van der Waals surface area contributed by atoms with Crippen LogP contribution in [0.4, 0.5) is 0 Å². The third-order valence-electron chi connectivity index (χ3n) is 7.29. The first-order valence-electron chi connectivity index (χ1n) is 12.7. The maximum atomic E-state index is 13.0. The molecule has 2 aromatic carbocycles. The minimum Gasteiger partial charge on any atom is -0.384 e. The number of rotatable bonds is 6.